The number of Topliss-reactive ketones (excluding diaryl/α,β-unsaturated/α-hetero) is 1. The van der Waals surface area contributed by atoms with Gasteiger partial charge in [0.1, 0.15) is 0 Å². The average molecular weight is 588 g/mol. The predicted molar refractivity (Wildman–Crippen MR) is 153 cm³/mol. The summed E-state index contributed by atoms with van der Waals surface area (Å²) >= 11 is 0. The van der Waals surface area contributed by atoms with Gasteiger partial charge in [-0.1, -0.05) is 65.7 Å². The summed E-state index contributed by atoms with van der Waals surface area (Å²) < 4.78 is 5.47. The van der Waals surface area contributed by atoms with E-state index in [1.807, 2.05) is 13.8 Å². The zero-order valence-corrected chi connectivity index (χ0v) is 25.5. The number of carboxylic acid groups (broad SMARTS) is 2. The van der Waals surface area contributed by atoms with Crippen LogP contribution < -0.4 is 5.32 Å². The lowest BCUT2D eigenvalue weighted by Gasteiger charge is -2.24. The molecule has 41 heavy (non-hydrogen) atoms. The van der Waals surface area contributed by atoms with E-state index in [2.05, 4.69) is 5.32 Å². The number of amides is 1. The molecule has 0 aromatic carbocycles. The molecule has 0 unspecified atom stereocenters. The minimum atomic E-state index is -1.42. The van der Waals surface area contributed by atoms with Crippen LogP contribution in [0.2, 0.25) is 0 Å². The van der Waals surface area contributed by atoms with Gasteiger partial charge < -0.3 is 30.5 Å². The standard InChI is InChI=1S/C30H53NO10/c1-6-7-13-20(3)29(38)26(41-28(37)17-23(30(39)40)16-27(35)36)15-19(2)12-10-8-9-11-14-24(33)18-25(34)21(4)31-22(5)32/h19-21,23-26,33-34H,6-18H2,1-5H3,(H,31,32)(H,35,36)(H,39,40)/t19-,20+,21+,23-,24+,25+,26+/m1/s1. The lowest BCUT2D eigenvalue weighted by Crippen LogP contribution is -2.41. The summed E-state index contributed by atoms with van der Waals surface area (Å²) in [7, 11) is 0. The van der Waals surface area contributed by atoms with Gasteiger partial charge in [-0.3, -0.25) is 24.0 Å². The summed E-state index contributed by atoms with van der Waals surface area (Å²) in [5, 5.41) is 41.1. The Balaban J connectivity index is 4.78. The second kappa shape index (κ2) is 21.2. The van der Waals surface area contributed by atoms with Crippen molar-refractivity contribution in [1.29, 1.82) is 0 Å². The summed E-state index contributed by atoms with van der Waals surface area (Å²) in [4.78, 5) is 59.1. The molecule has 0 aliphatic carbocycles. The monoisotopic (exact) mass is 587 g/mol. The Hall–Kier alpha value is -2.53. The largest absolute Gasteiger partial charge is 0.481 e. The van der Waals surface area contributed by atoms with Crippen molar-refractivity contribution in [1.82, 2.24) is 5.32 Å². The Bertz CT molecular complexity index is 817. The maximum atomic E-state index is 13.1. The van der Waals surface area contributed by atoms with Gasteiger partial charge in [-0.15, -0.1) is 0 Å². The van der Waals surface area contributed by atoms with Crippen molar-refractivity contribution in [3.8, 4) is 0 Å². The normalized spacial score (nSPS) is 16.5. The summed E-state index contributed by atoms with van der Waals surface area (Å²) in [5.74, 6) is -5.74. The molecule has 0 aromatic rings. The van der Waals surface area contributed by atoms with Crippen LogP contribution in [0.3, 0.4) is 0 Å². The topological polar surface area (TPSA) is 188 Å². The van der Waals surface area contributed by atoms with Crippen LogP contribution in [0.4, 0.5) is 0 Å². The summed E-state index contributed by atoms with van der Waals surface area (Å²) in [6.45, 7) is 8.85. The number of unbranched alkanes of at least 4 members (excludes halogenated alkanes) is 4. The van der Waals surface area contributed by atoms with Gasteiger partial charge in [0, 0.05) is 19.3 Å². The quantitative estimate of drug-likeness (QED) is 0.0819. The van der Waals surface area contributed by atoms with Crippen LogP contribution in [0.1, 0.15) is 118 Å². The SMILES string of the molecule is CCCC[C@H](C)C(=O)[C@H](C[C@H](C)CCCCCC[C@H](O)C[C@H](O)[C@H](C)NC(C)=O)OC(=O)C[C@@H](CC(=O)O)C(=O)O. The number of aliphatic hydroxyl groups excluding tert-OH is 2. The van der Waals surface area contributed by atoms with E-state index < -0.39 is 61.0 Å². The first kappa shape index (κ1) is 38.5. The van der Waals surface area contributed by atoms with Gasteiger partial charge in [-0.25, -0.2) is 0 Å². The Labute approximate surface area is 244 Å². The smallest absolute Gasteiger partial charge is 0.307 e. The van der Waals surface area contributed by atoms with Crippen LogP contribution in [0.25, 0.3) is 0 Å². The molecule has 1 amide bonds. The molecule has 0 saturated carbocycles. The van der Waals surface area contributed by atoms with Gasteiger partial charge in [0.15, 0.2) is 11.9 Å². The Morgan fingerprint density at radius 2 is 1.41 bits per heavy atom. The Kier molecular flexibility index (Phi) is 19.9. The summed E-state index contributed by atoms with van der Waals surface area (Å²) in [5.41, 5.74) is 0. The lowest BCUT2D eigenvalue weighted by atomic mass is 9.89. The Morgan fingerprint density at radius 3 is 1.95 bits per heavy atom. The molecule has 5 N–H and O–H groups in total. The van der Waals surface area contributed by atoms with Crippen molar-refractivity contribution >= 4 is 29.6 Å². The number of nitrogens with one attached hydrogen (secondary N) is 1. The second-order valence-corrected chi connectivity index (χ2v) is 11.5. The molecule has 238 valence electrons. The minimum absolute atomic E-state index is 0.0559. The van der Waals surface area contributed by atoms with E-state index in [4.69, 9.17) is 9.84 Å². The average Bonchev–Trinajstić information content (AvgIpc) is 2.87. The van der Waals surface area contributed by atoms with Gasteiger partial charge in [-0.05, 0) is 32.1 Å². The van der Waals surface area contributed by atoms with Crippen molar-refractivity contribution in [3.05, 3.63) is 0 Å². The highest BCUT2D eigenvalue weighted by Crippen LogP contribution is 2.23. The molecule has 0 aliphatic rings. The number of aliphatic hydroxyl groups is 2. The number of carbonyl (C=O) groups is 5. The number of hydrogen-bond acceptors (Lipinski definition) is 8. The highest BCUT2D eigenvalue weighted by Gasteiger charge is 2.31. The molecular weight excluding hydrogens is 534 g/mol. The van der Waals surface area contributed by atoms with Crippen molar-refractivity contribution in [3.63, 3.8) is 0 Å². The first-order chi connectivity index (χ1) is 19.2. The van der Waals surface area contributed by atoms with E-state index in [0.29, 0.717) is 19.3 Å². The second-order valence-electron chi connectivity index (χ2n) is 11.5. The van der Waals surface area contributed by atoms with E-state index >= 15 is 0 Å². The third-order valence-electron chi connectivity index (χ3n) is 7.37. The number of ether oxygens (including phenoxy) is 1. The van der Waals surface area contributed by atoms with Crippen LogP contribution in [0.5, 0.6) is 0 Å². The molecule has 11 heteroatoms. The van der Waals surface area contributed by atoms with Crippen LogP contribution in [-0.2, 0) is 28.7 Å². The molecule has 0 radical (unpaired) electrons. The molecule has 0 fully saturated rings. The van der Waals surface area contributed by atoms with Crippen molar-refractivity contribution < 1.29 is 49.1 Å². The predicted octanol–water partition coefficient (Wildman–Crippen LogP) is 3.86. The maximum Gasteiger partial charge on any atom is 0.307 e. The number of ketones is 1. The number of esters is 1. The summed E-state index contributed by atoms with van der Waals surface area (Å²) in [6.07, 6.45) is 3.88. The first-order valence-corrected chi connectivity index (χ1v) is 15.0. The van der Waals surface area contributed by atoms with E-state index in [9.17, 15) is 39.3 Å². The first-order valence-electron chi connectivity index (χ1n) is 15.0. The number of carboxylic acids is 2. The van der Waals surface area contributed by atoms with E-state index in [-0.39, 0.29) is 29.9 Å². The third kappa shape index (κ3) is 18.5. The molecule has 0 rings (SSSR count). The molecular formula is C30H53NO10. The third-order valence-corrected chi connectivity index (χ3v) is 7.37. The lowest BCUT2D eigenvalue weighted by molar-refractivity contribution is -0.161. The van der Waals surface area contributed by atoms with Gasteiger partial charge in [0.05, 0.1) is 37.0 Å². The number of rotatable bonds is 24. The van der Waals surface area contributed by atoms with Crippen molar-refractivity contribution in [2.24, 2.45) is 17.8 Å². The fraction of sp³-hybridized carbons (Fsp3) is 0.833. The maximum absolute atomic E-state index is 13.1. The van der Waals surface area contributed by atoms with Crippen LogP contribution in [0, 0.1) is 17.8 Å². The van der Waals surface area contributed by atoms with Crippen molar-refractivity contribution in [2.45, 2.75) is 142 Å². The molecule has 0 saturated heterocycles. The fourth-order valence-corrected chi connectivity index (χ4v) is 4.78. The molecule has 0 spiro atoms. The van der Waals surface area contributed by atoms with E-state index in [1.54, 1.807) is 13.8 Å². The zero-order chi connectivity index (χ0) is 31.5. The molecule has 7 atom stereocenters. The van der Waals surface area contributed by atoms with E-state index in [1.165, 1.54) is 6.92 Å². The van der Waals surface area contributed by atoms with Crippen LogP contribution in [-0.4, -0.2) is 74.4 Å². The Morgan fingerprint density at radius 1 is 0.805 bits per heavy atom. The number of carbonyl (C=O) groups excluding carboxylic acids is 3. The van der Waals surface area contributed by atoms with Crippen LogP contribution >= 0.6 is 0 Å². The van der Waals surface area contributed by atoms with Gasteiger partial charge in [0.25, 0.3) is 0 Å². The number of aliphatic carboxylic acids is 2. The summed E-state index contributed by atoms with van der Waals surface area (Å²) in [6, 6.07) is -0.434. The highest BCUT2D eigenvalue weighted by molar-refractivity contribution is 5.88. The molecule has 0 aliphatic heterocycles. The fourth-order valence-electron chi connectivity index (χ4n) is 4.78. The van der Waals surface area contributed by atoms with Crippen LogP contribution in [0.15, 0.2) is 0 Å². The van der Waals surface area contributed by atoms with Gasteiger partial charge >= 0.3 is 17.9 Å². The zero-order valence-electron chi connectivity index (χ0n) is 25.5. The molecule has 0 heterocycles. The van der Waals surface area contributed by atoms with Gasteiger partial charge in [-0.2, -0.15) is 0 Å². The molecule has 0 aromatic heterocycles. The minimum Gasteiger partial charge on any atom is -0.481 e. The van der Waals surface area contributed by atoms with Gasteiger partial charge in [0.2, 0.25) is 5.91 Å². The molecule has 0 bridgehead atoms. The highest BCUT2D eigenvalue weighted by atomic mass is 16.5. The van der Waals surface area contributed by atoms with E-state index in [0.717, 1.165) is 44.9 Å². The van der Waals surface area contributed by atoms with Crippen molar-refractivity contribution in [2.75, 3.05) is 0 Å². The number of hydrogen-bond donors (Lipinski definition) is 5. The molecule has 11 nitrogen and oxygen atoms in total.